The third-order valence-electron chi connectivity index (χ3n) is 5.09. The number of ether oxygens (including phenoxy) is 1. The minimum Gasteiger partial charge on any atom is -0.477 e. The molecule has 1 atom stereocenters. The van der Waals surface area contributed by atoms with Crippen molar-refractivity contribution in [2.24, 2.45) is 5.10 Å². The van der Waals surface area contributed by atoms with Gasteiger partial charge in [-0.3, -0.25) is 0 Å². The first kappa shape index (κ1) is 23.5. The molecule has 0 fully saturated rings. The Hall–Kier alpha value is -3.66. The highest BCUT2D eigenvalue weighted by Gasteiger charge is 2.33. The number of nitrogens with zero attached hydrogens (tertiary/aromatic N) is 4. The van der Waals surface area contributed by atoms with E-state index in [4.69, 9.17) is 16.3 Å². The van der Waals surface area contributed by atoms with E-state index in [1.165, 1.54) is 5.01 Å². The largest absolute Gasteiger partial charge is 0.477 e. The molecule has 4 rings (SSSR count). The number of carboxylic acids is 1. The van der Waals surface area contributed by atoms with E-state index in [0.29, 0.717) is 10.7 Å². The Balaban J connectivity index is 1.71. The maximum atomic E-state index is 12.5. The molecule has 34 heavy (non-hydrogen) atoms. The predicted molar refractivity (Wildman–Crippen MR) is 120 cm³/mol. The summed E-state index contributed by atoms with van der Waals surface area (Å²) in [5.41, 5.74) is 2.15. The van der Waals surface area contributed by atoms with Gasteiger partial charge in [0, 0.05) is 10.9 Å². The van der Waals surface area contributed by atoms with Crippen LogP contribution in [-0.2, 0) is 0 Å². The van der Waals surface area contributed by atoms with Gasteiger partial charge in [-0.1, -0.05) is 54.1 Å². The summed E-state index contributed by atoms with van der Waals surface area (Å²) in [6, 6.07) is 16.2. The van der Waals surface area contributed by atoms with Crippen LogP contribution in [0.1, 0.15) is 33.8 Å². The normalized spacial score (nSPS) is 15.8. The number of hydrazone groups is 1. The standard InChI is InChI=1S/C23H18ClF3N4O3/c24-16-8-6-15(7-9-16)19-18(14-4-2-1-3-5-14)13-31(30-19)20-17(21(32)33)12-28-22(29-20)34-11-10-23(25,26)27/h1-9,12,18H,10-11,13H2,(H,32,33). The summed E-state index contributed by atoms with van der Waals surface area (Å²) in [5.74, 6) is -1.61. The van der Waals surface area contributed by atoms with Gasteiger partial charge in [0.05, 0.1) is 24.9 Å². The quantitative estimate of drug-likeness (QED) is 0.492. The van der Waals surface area contributed by atoms with Crippen LogP contribution in [0.4, 0.5) is 19.0 Å². The molecule has 176 valence electrons. The lowest BCUT2D eigenvalue weighted by Gasteiger charge is -2.18. The van der Waals surface area contributed by atoms with Crippen molar-refractivity contribution in [3.05, 3.63) is 82.5 Å². The molecule has 1 aliphatic heterocycles. The van der Waals surface area contributed by atoms with Gasteiger partial charge < -0.3 is 9.84 Å². The van der Waals surface area contributed by atoms with Gasteiger partial charge in [0.2, 0.25) is 0 Å². The van der Waals surface area contributed by atoms with Crippen LogP contribution in [-0.4, -0.2) is 46.1 Å². The second kappa shape index (κ2) is 9.68. The number of alkyl halides is 3. The Morgan fingerprint density at radius 1 is 1.15 bits per heavy atom. The molecular formula is C23H18ClF3N4O3. The topological polar surface area (TPSA) is 87.9 Å². The van der Waals surface area contributed by atoms with Crippen LogP contribution in [0.2, 0.25) is 5.02 Å². The molecule has 2 heterocycles. The molecule has 0 amide bonds. The first-order valence-electron chi connectivity index (χ1n) is 10.2. The summed E-state index contributed by atoms with van der Waals surface area (Å²) >= 11 is 6.02. The smallest absolute Gasteiger partial charge is 0.392 e. The number of benzene rings is 2. The van der Waals surface area contributed by atoms with Crippen LogP contribution in [0.3, 0.4) is 0 Å². The summed E-state index contributed by atoms with van der Waals surface area (Å²) < 4.78 is 42.4. The molecule has 1 aromatic heterocycles. The number of rotatable bonds is 7. The zero-order valence-corrected chi connectivity index (χ0v) is 18.3. The summed E-state index contributed by atoms with van der Waals surface area (Å²) in [6.07, 6.45) is -4.59. The molecule has 1 unspecified atom stereocenters. The van der Waals surface area contributed by atoms with E-state index in [1.54, 1.807) is 12.1 Å². The van der Waals surface area contributed by atoms with Crippen molar-refractivity contribution in [2.75, 3.05) is 18.2 Å². The Morgan fingerprint density at radius 2 is 1.85 bits per heavy atom. The third-order valence-corrected chi connectivity index (χ3v) is 5.35. The fraction of sp³-hybridized carbons (Fsp3) is 0.217. The van der Waals surface area contributed by atoms with Gasteiger partial charge in [0.15, 0.2) is 5.82 Å². The van der Waals surface area contributed by atoms with Crippen molar-refractivity contribution in [1.29, 1.82) is 0 Å². The second-order valence-corrected chi connectivity index (χ2v) is 7.88. The zero-order valence-electron chi connectivity index (χ0n) is 17.5. The van der Waals surface area contributed by atoms with Crippen molar-refractivity contribution in [2.45, 2.75) is 18.5 Å². The summed E-state index contributed by atoms with van der Waals surface area (Å²) in [6.45, 7) is -0.442. The maximum absolute atomic E-state index is 12.5. The molecule has 1 N–H and O–H groups in total. The Labute approximate surface area is 197 Å². The summed E-state index contributed by atoms with van der Waals surface area (Å²) in [4.78, 5) is 19.6. The van der Waals surface area contributed by atoms with Crippen molar-refractivity contribution >= 4 is 29.1 Å². The van der Waals surface area contributed by atoms with Crippen LogP contribution in [0.5, 0.6) is 6.01 Å². The van der Waals surface area contributed by atoms with E-state index in [-0.39, 0.29) is 29.9 Å². The van der Waals surface area contributed by atoms with Gasteiger partial charge in [-0.2, -0.15) is 23.3 Å². The number of aromatic nitrogens is 2. The fourth-order valence-corrected chi connectivity index (χ4v) is 3.62. The fourth-order valence-electron chi connectivity index (χ4n) is 3.49. The lowest BCUT2D eigenvalue weighted by Crippen LogP contribution is -2.22. The van der Waals surface area contributed by atoms with Crippen LogP contribution in [0.15, 0.2) is 65.9 Å². The van der Waals surface area contributed by atoms with Gasteiger partial charge in [0.1, 0.15) is 12.2 Å². The summed E-state index contributed by atoms with van der Waals surface area (Å²) in [7, 11) is 0. The van der Waals surface area contributed by atoms with Crippen LogP contribution < -0.4 is 9.75 Å². The van der Waals surface area contributed by atoms with Gasteiger partial charge in [-0.05, 0) is 23.3 Å². The number of hydrogen-bond donors (Lipinski definition) is 1. The first-order valence-corrected chi connectivity index (χ1v) is 10.6. The van der Waals surface area contributed by atoms with Gasteiger partial charge in [0.25, 0.3) is 0 Å². The number of carboxylic acid groups (broad SMARTS) is 1. The summed E-state index contributed by atoms with van der Waals surface area (Å²) in [5, 5.41) is 16.2. The number of hydrogen-bond acceptors (Lipinski definition) is 6. The average Bonchev–Trinajstić information content (AvgIpc) is 3.24. The number of aromatic carboxylic acids is 1. The van der Waals surface area contributed by atoms with Gasteiger partial charge >= 0.3 is 18.2 Å². The minimum absolute atomic E-state index is 0.0746. The molecule has 2 aromatic carbocycles. The molecule has 0 saturated carbocycles. The molecule has 0 spiro atoms. The highest BCUT2D eigenvalue weighted by Crippen LogP contribution is 2.33. The Bertz CT molecular complexity index is 1200. The van der Waals surface area contributed by atoms with Gasteiger partial charge in [-0.15, -0.1) is 0 Å². The van der Waals surface area contributed by atoms with Crippen LogP contribution >= 0.6 is 11.6 Å². The zero-order chi connectivity index (χ0) is 24.3. The van der Waals surface area contributed by atoms with Crippen LogP contribution in [0, 0.1) is 0 Å². The lowest BCUT2D eigenvalue weighted by atomic mass is 9.91. The molecule has 11 heteroatoms. The number of halogens is 4. The van der Waals surface area contributed by atoms with Crippen molar-refractivity contribution in [1.82, 2.24) is 9.97 Å². The van der Waals surface area contributed by atoms with Crippen molar-refractivity contribution in [3.8, 4) is 6.01 Å². The molecule has 0 radical (unpaired) electrons. The highest BCUT2D eigenvalue weighted by atomic mass is 35.5. The lowest BCUT2D eigenvalue weighted by molar-refractivity contribution is -0.139. The Morgan fingerprint density at radius 3 is 2.50 bits per heavy atom. The molecule has 0 aliphatic carbocycles. The Kier molecular flexibility index (Phi) is 6.69. The van der Waals surface area contributed by atoms with E-state index in [1.807, 2.05) is 42.5 Å². The molecule has 0 saturated heterocycles. The molecule has 3 aromatic rings. The highest BCUT2D eigenvalue weighted by molar-refractivity contribution is 6.30. The molecular weight excluding hydrogens is 473 g/mol. The number of anilines is 1. The molecule has 1 aliphatic rings. The SMILES string of the molecule is O=C(O)c1cnc(OCCC(F)(F)F)nc1N1CC(c2ccccc2)C(c2ccc(Cl)cc2)=N1. The van der Waals surface area contributed by atoms with E-state index in [0.717, 1.165) is 17.3 Å². The third kappa shape index (κ3) is 5.45. The first-order chi connectivity index (χ1) is 16.2. The van der Waals surface area contributed by atoms with Crippen molar-refractivity contribution in [3.63, 3.8) is 0 Å². The van der Waals surface area contributed by atoms with Crippen molar-refractivity contribution < 1.29 is 27.8 Å². The van der Waals surface area contributed by atoms with E-state index >= 15 is 0 Å². The maximum Gasteiger partial charge on any atom is 0.392 e. The monoisotopic (exact) mass is 490 g/mol. The predicted octanol–water partition coefficient (Wildman–Crippen LogP) is 5.17. The minimum atomic E-state index is -4.40. The molecule has 0 bridgehead atoms. The van der Waals surface area contributed by atoms with Crippen LogP contribution in [0.25, 0.3) is 0 Å². The number of carbonyl (C=O) groups is 1. The van der Waals surface area contributed by atoms with E-state index in [9.17, 15) is 23.1 Å². The molecule has 7 nitrogen and oxygen atoms in total. The van der Waals surface area contributed by atoms with E-state index in [2.05, 4.69) is 15.1 Å². The average molecular weight is 491 g/mol. The second-order valence-electron chi connectivity index (χ2n) is 7.45. The van der Waals surface area contributed by atoms with Gasteiger partial charge in [-0.25, -0.2) is 14.8 Å². The van der Waals surface area contributed by atoms with E-state index < -0.39 is 25.2 Å².